The molecule has 128 valence electrons. The van der Waals surface area contributed by atoms with Crippen LogP contribution in [0.5, 0.6) is 0 Å². The second kappa shape index (κ2) is 6.79. The Labute approximate surface area is 135 Å². The van der Waals surface area contributed by atoms with Gasteiger partial charge in [-0.05, 0) is 12.8 Å². The van der Waals surface area contributed by atoms with Crippen LogP contribution < -0.4 is 5.56 Å². The van der Waals surface area contributed by atoms with E-state index >= 15 is 0 Å². The molecule has 10 heteroatoms. The second-order valence-corrected chi connectivity index (χ2v) is 5.42. The first-order chi connectivity index (χ1) is 11.5. The fraction of sp³-hybridized carbons (Fsp3) is 0.500. The van der Waals surface area contributed by atoms with Crippen LogP contribution in [0.15, 0.2) is 17.4 Å². The van der Waals surface area contributed by atoms with E-state index in [4.69, 9.17) is 14.6 Å². The molecule has 2 aromatic heterocycles. The molecule has 0 saturated carbocycles. The molecule has 2 N–H and O–H groups in total. The van der Waals surface area contributed by atoms with E-state index in [9.17, 15) is 14.4 Å². The lowest BCUT2D eigenvalue weighted by molar-refractivity contribution is -0.151. The van der Waals surface area contributed by atoms with Gasteiger partial charge in [0.05, 0.1) is 31.6 Å². The van der Waals surface area contributed by atoms with Crippen molar-refractivity contribution in [1.82, 2.24) is 19.5 Å². The lowest BCUT2D eigenvalue weighted by atomic mass is 10.2. The molecule has 0 amide bonds. The summed E-state index contributed by atoms with van der Waals surface area (Å²) in [5, 5.41) is 8.52. The number of fused-ring (bicyclic) bond motifs is 1. The van der Waals surface area contributed by atoms with Crippen LogP contribution in [0, 0.1) is 0 Å². The third kappa shape index (κ3) is 3.43. The maximum Gasteiger partial charge on any atom is 0.306 e. The monoisotopic (exact) mass is 336 g/mol. The second-order valence-electron chi connectivity index (χ2n) is 5.42. The van der Waals surface area contributed by atoms with Gasteiger partial charge in [-0.25, -0.2) is 9.97 Å². The van der Waals surface area contributed by atoms with Crippen LogP contribution in [0.1, 0.15) is 31.9 Å². The Morgan fingerprint density at radius 3 is 3.00 bits per heavy atom. The van der Waals surface area contributed by atoms with Crippen LogP contribution >= 0.6 is 0 Å². The fourth-order valence-corrected chi connectivity index (χ4v) is 2.55. The van der Waals surface area contributed by atoms with Gasteiger partial charge in [0.25, 0.3) is 5.56 Å². The van der Waals surface area contributed by atoms with Crippen molar-refractivity contribution in [2.24, 2.45) is 0 Å². The third-order valence-corrected chi connectivity index (χ3v) is 3.73. The van der Waals surface area contributed by atoms with Gasteiger partial charge in [-0.3, -0.25) is 19.0 Å². The molecule has 0 radical (unpaired) electrons. The molecule has 0 aromatic carbocycles. The number of hydrogen-bond acceptors (Lipinski definition) is 7. The largest absolute Gasteiger partial charge is 0.481 e. The molecule has 2 aromatic rings. The summed E-state index contributed by atoms with van der Waals surface area (Å²) in [7, 11) is 0. The van der Waals surface area contributed by atoms with E-state index in [0.29, 0.717) is 18.5 Å². The normalized spacial score (nSPS) is 20.3. The van der Waals surface area contributed by atoms with Gasteiger partial charge in [-0.2, -0.15) is 0 Å². The first kappa shape index (κ1) is 16.1. The number of carboxylic acids is 1. The Bertz CT molecular complexity index is 813. The standard InChI is InChI=1S/C14H16N4O6/c19-10(20)3-4-11(21)23-5-8-1-2-9(24-8)18-7-17-12-13(18)15-6-16-14(12)22/h6-9H,1-5H2,(H,19,20)(H,15,16,22)/t8-,9+/m0/s1. The van der Waals surface area contributed by atoms with E-state index < -0.39 is 11.9 Å². The van der Waals surface area contributed by atoms with Crippen molar-refractivity contribution in [3.63, 3.8) is 0 Å². The number of nitrogens with zero attached hydrogens (tertiary/aromatic N) is 3. The Hall–Kier alpha value is -2.75. The Morgan fingerprint density at radius 2 is 2.21 bits per heavy atom. The number of imidazole rings is 1. The fourth-order valence-electron chi connectivity index (χ4n) is 2.55. The molecule has 3 rings (SSSR count). The first-order valence-electron chi connectivity index (χ1n) is 7.47. The molecule has 0 aliphatic carbocycles. The predicted molar refractivity (Wildman–Crippen MR) is 79.1 cm³/mol. The Morgan fingerprint density at radius 1 is 1.38 bits per heavy atom. The number of carbonyl (C=O) groups is 2. The van der Waals surface area contributed by atoms with E-state index in [0.717, 1.165) is 0 Å². The maximum atomic E-state index is 11.6. The van der Waals surface area contributed by atoms with Crippen molar-refractivity contribution >= 4 is 23.1 Å². The minimum Gasteiger partial charge on any atom is -0.481 e. The van der Waals surface area contributed by atoms with Crippen LogP contribution in [-0.4, -0.2) is 49.3 Å². The van der Waals surface area contributed by atoms with Crippen molar-refractivity contribution in [2.75, 3.05) is 6.61 Å². The van der Waals surface area contributed by atoms with E-state index in [1.165, 1.54) is 12.7 Å². The molecule has 0 unspecified atom stereocenters. The average molecular weight is 336 g/mol. The maximum absolute atomic E-state index is 11.6. The number of aromatic amines is 1. The van der Waals surface area contributed by atoms with Gasteiger partial charge in [-0.1, -0.05) is 0 Å². The number of rotatable bonds is 6. The molecule has 3 heterocycles. The topological polar surface area (TPSA) is 136 Å². The smallest absolute Gasteiger partial charge is 0.306 e. The van der Waals surface area contributed by atoms with E-state index in [1.807, 2.05) is 0 Å². The number of ether oxygens (including phenoxy) is 2. The summed E-state index contributed by atoms with van der Waals surface area (Å²) in [4.78, 5) is 44.1. The van der Waals surface area contributed by atoms with Crippen LogP contribution in [-0.2, 0) is 19.1 Å². The molecule has 1 fully saturated rings. The zero-order valence-corrected chi connectivity index (χ0v) is 12.7. The summed E-state index contributed by atoms with van der Waals surface area (Å²) in [6.07, 6.45) is 3.09. The predicted octanol–water partition coefficient (Wildman–Crippen LogP) is 0.205. The van der Waals surface area contributed by atoms with Crippen LogP contribution in [0.3, 0.4) is 0 Å². The van der Waals surface area contributed by atoms with Crippen molar-refractivity contribution in [2.45, 2.75) is 38.0 Å². The van der Waals surface area contributed by atoms with Crippen LogP contribution in [0.4, 0.5) is 0 Å². The van der Waals surface area contributed by atoms with E-state index in [2.05, 4.69) is 15.0 Å². The lowest BCUT2D eigenvalue weighted by Gasteiger charge is -2.15. The summed E-state index contributed by atoms with van der Waals surface area (Å²) in [5.41, 5.74) is 0.355. The van der Waals surface area contributed by atoms with Gasteiger partial charge in [0.1, 0.15) is 12.8 Å². The first-order valence-corrected chi connectivity index (χ1v) is 7.47. The van der Waals surface area contributed by atoms with E-state index in [1.54, 1.807) is 4.57 Å². The number of aromatic nitrogens is 4. The van der Waals surface area contributed by atoms with E-state index in [-0.39, 0.29) is 42.9 Å². The summed E-state index contributed by atoms with van der Waals surface area (Å²) in [6.45, 7) is 0.0651. The summed E-state index contributed by atoms with van der Waals surface area (Å²) >= 11 is 0. The number of H-pyrrole nitrogens is 1. The summed E-state index contributed by atoms with van der Waals surface area (Å²) in [6, 6.07) is 0. The number of esters is 1. The highest BCUT2D eigenvalue weighted by molar-refractivity contribution is 5.76. The number of hydrogen-bond donors (Lipinski definition) is 2. The third-order valence-electron chi connectivity index (χ3n) is 3.73. The molecular weight excluding hydrogens is 320 g/mol. The Balaban J connectivity index is 1.57. The van der Waals surface area contributed by atoms with Gasteiger partial charge in [-0.15, -0.1) is 0 Å². The summed E-state index contributed by atoms with van der Waals surface area (Å²) in [5.74, 6) is -1.61. The highest BCUT2D eigenvalue weighted by atomic mass is 16.6. The van der Waals surface area contributed by atoms with Gasteiger partial charge < -0.3 is 19.6 Å². The van der Waals surface area contributed by atoms with Crippen LogP contribution in [0.2, 0.25) is 0 Å². The minimum absolute atomic E-state index is 0.0651. The molecule has 0 bridgehead atoms. The molecule has 2 atom stereocenters. The average Bonchev–Trinajstić information content (AvgIpc) is 3.18. The molecule has 0 spiro atoms. The van der Waals surface area contributed by atoms with Crippen molar-refractivity contribution in [3.05, 3.63) is 23.0 Å². The van der Waals surface area contributed by atoms with Crippen molar-refractivity contribution < 1.29 is 24.2 Å². The zero-order valence-electron chi connectivity index (χ0n) is 12.7. The molecule has 10 nitrogen and oxygen atoms in total. The van der Waals surface area contributed by atoms with Gasteiger partial charge >= 0.3 is 11.9 Å². The number of nitrogens with one attached hydrogen (secondary N) is 1. The molecule has 24 heavy (non-hydrogen) atoms. The Kier molecular flexibility index (Phi) is 4.56. The highest BCUT2D eigenvalue weighted by Gasteiger charge is 2.29. The SMILES string of the molecule is O=C(O)CCC(=O)OC[C@@H]1CC[C@H](n2cnc3c(=O)[nH]cnc32)O1. The van der Waals surface area contributed by atoms with Crippen molar-refractivity contribution in [1.29, 1.82) is 0 Å². The minimum atomic E-state index is -1.04. The van der Waals surface area contributed by atoms with Gasteiger partial charge in [0.2, 0.25) is 0 Å². The lowest BCUT2D eigenvalue weighted by Crippen LogP contribution is -2.20. The van der Waals surface area contributed by atoms with Crippen molar-refractivity contribution in [3.8, 4) is 0 Å². The zero-order chi connectivity index (χ0) is 17.1. The molecule has 1 aliphatic heterocycles. The van der Waals surface area contributed by atoms with Gasteiger partial charge in [0, 0.05) is 0 Å². The van der Waals surface area contributed by atoms with Crippen LogP contribution in [0.25, 0.3) is 11.2 Å². The number of carboxylic acid groups (broad SMARTS) is 1. The quantitative estimate of drug-likeness (QED) is 0.714. The number of carbonyl (C=O) groups excluding carboxylic acids is 1. The summed E-state index contributed by atoms with van der Waals surface area (Å²) < 4.78 is 12.5. The number of aliphatic carboxylic acids is 1. The molecule has 1 saturated heterocycles. The molecule has 1 aliphatic rings. The molecular formula is C14H16N4O6. The highest BCUT2D eigenvalue weighted by Crippen LogP contribution is 2.29. The van der Waals surface area contributed by atoms with Gasteiger partial charge in [0.15, 0.2) is 11.2 Å².